The van der Waals surface area contributed by atoms with Gasteiger partial charge in [0.05, 0.1) is 4.90 Å². The van der Waals surface area contributed by atoms with Crippen molar-refractivity contribution in [2.75, 3.05) is 39.3 Å². The Morgan fingerprint density at radius 2 is 1.72 bits per heavy atom. The number of carbonyl (C=O) groups excluding carboxylic acids is 1. The van der Waals surface area contributed by atoms with Crippen molar-refractivity contribution in [3.8, 4) is 0 Å². The largest absolute Gasteiger partial charge is 0.337 e. The fourth-order valence-electron chi connectivity index (χ4n) is 3.52. The number of benzene rings is 2. The number of hydrogen-bond acceptors (Lipinski definition) is 5. The number of aryl methyl sites for hydroxylation is 1. The van der Waals surface area contributed by atoms with Gasteiger partial charge in [-0.25, -0.2) is 22.3 Å². The van der Waals surface area contributed by atoms with Crippen LogP contribution in [0.3, 0.4) is 0 Å². The first kappa shape index (κ1) is 24.4. The van der Waals surface area contributed by atoms with E-state index in [0.29, 0.717) is 30.1 Å². The quantitative estimate of drug-likeness (QED) is 0.565. The van der Waals surface area contributed by atoms with Crippen molar-refractivity contribution in [3.63, 3.8) is 0 Å². The number of halogens is 2. The standard InChI is InChI=1S/C22H28ClFN4O3S/c1-17-6-8-18(9-7-17)32(30,31)26-22(29)25-10-3-11-27-12-14-28(15-13-27)16-19-20(23)4-2-5-21(19)24/h2,4-9H,3,10-16H2,1H3,(H2,25,26,29). The summed E-state index contributed by atoms with van der Waals surface area (Å²) < 4.78 is 40.4. The van der Waals surface area contributed by atoms with Gasteiger partial charge in [-0.3, -0.25) is 4.90 Å². The summed E-state index contributed by atoms with van der Waals surface area (Å²) in [5, 5.41) is 3.04. The molecule has 7 nitrogen and oxygen atoms in total. The third-order valence-electron chi connectivity index (χ3n) is 5.40. The Morgan fingerprint density at radius 1 is 1.06 bits per heavy atom. The van der Waals surface area contributed by atoms with Crippen molar-refractivity contribution in [1.29, 1.82) is 0 Å². The van der Waals surface area contributed by atoms with E-state index in [1.165, 1.54) is 18.2 Å². The van der Waals surface area contributed by atoms with E-state index in [9.17, 15) is 17.6 Å². The van der Waals surface area contributed by atoms with Crippen LogP contribution in [-0.4, -0.2) is 63.5 Å². The third kappa shape index (κ3) is 6.90. The summed E-state index contributed by atoms with van der Waals surface area (Å²) in [7, 11) is -3.89. The van der Waals surface area contributed by atoms with Gasteiger partial charge in [0.15, 0.2) is 0 Å². The second kappa shape index (κ2) is 11.1. The van der Waals surface area contributed by atoms with Crippen LogP contribution >= 0.6 is 11.6 Å². The number of hydrogen-bond donors (Lipinski definition) is 2. The highest BCUT2D eigenvalue weighted by molar-refractivity contribution is 7.90. The second-order valence-corrected chi connectivity index (χ2v) is 9.94. The lowest BCUT2D eigenvalue weighted by Crippen LogP contribution is -2.47. The van der Waals surface area contributed by atoms with Crippen LogP contribution in [0.4, 0.5) is 9.18 Å². The average Bonchev–Trinajstić information content (AvgIpc) is 2.75. The lowest BCUT2D eigenvalue weighted by Gasteiger charge is -2.34. The number of urea groups is 1. The zero-order valence-corrected chi connectivity index (χ0v) is 19.6. The molecule has 0 bridgehead atoms. The Balaban J connectivity index is 1.34. The van der Waals surface area contributed by atoms with Crippen molar-refractivity contribution < 1.29 is 17.6 Å². The molecule has 1 fully saturated rings. The van der Waals surface area contributed by atoms with Crippen LogP contribution in [0.15, 0.2) is 47.4 Å². The van der Waals surface area contributed by atoms with E-state index in [4.69, 9.17) is 11.6 Å². The Kier molecular flexibility index (Phi) is 8.47. The summed E-state index contributed by atoms with van der Waals surface area (Å²) in [4.78, 5) is 16.4. The Labute approximate surface area is 193 Å². The van der Waals surface area contributed by atoms with Crippen LogP contribution in [0.1, 0.15) is 17.5 Å². The predicted molar refractivity (Wildman–Crippen MR) is 123 cm³/mol. The molecule has 1 aliphatic rings. The number of nitrogens with one attached hydrogen (secondary N) is 2. The van der Waals surface area contributed by atoms with Crippen LogP contribution in [0.2, 0.25) is 5.02 Å². The molecule has 1 heterocycles. The summed E-state index contributed by atoms with van der Waals surface area (Å²) >= 11 is 6.11. The minimum Gasteiger partial charge on any atom is -0.337 e. The summed E-state index contributed by atoms with van der Waals surface area (Å²) in [6.45, 7) is 6.74. The van der Waals surface area contributed by atoms with Crippen molar-refractivity contribution in [2.45, 2.75) is 24.8 Å². The lowest BCUT2D eigenvalue weighted by atomic mass is 10.2. The van der Waals surface area contributed by atoms with Gasteiger partial charge in [0, 0.05) is 49.9 Å². The van der Waals surface area contributed by atoms with E-state index in [-0.39, 0.29) is 10.7 Å². The highest BCUT2D eigenvalue weighted by atomic mass is 35.5. The van der Waals surface area contributed by atoms with Crippen LogP contribution in [0, 0.1) is 12.7 Å². The summed E-state index contributed by atoms with van der Waals surface area (Å²) in [5.41, 5.74) is 1.46. The van der Waals surface area contributed by atoms with E-state index < -0.39 is 16.1 Å². The molecule has 0 radical (unpaired) electrons. The monoisotopic (exact) mass is 482 g/mol. The van der Waals surface area contributed by atoms with Crippen LogP contribution in [0.25, 0.3) is 0 Å². The highest BCUT2D eigenvalue weighted by Crippen LogP contribution is 2.21. The number of sulfonamides is 1. The molecule has 2 amide bonds. The minimum absolute atomic E-state index is 0.0489. The van der Waals surface area contributed by atoms with Crippen LogP contribution in [-0.2, 0) is 16.6 Å². The Hall–Kier alpha value is -2.20. The first-order valence-corrected chi connectivity index (χ1v) is 12.4. The van der Waals surface area contributed by atoms with Gasteiger partial charge in [-0.05, 0) is 44.2 Å². The van der Waals surface area contributed by atoms with Gasteiger partial charge in [-0.2, -0.15) is 0 Å². The molecule has 0 spiro atoms. The van der Waals surface area contributed by atoms with Crippen molar-refractivity contribution in [1.82, 2.24) is 19.8 Å². The molecule has 0 aliphatic carbocycles. The van der Waals surface area contributed by atoms with Crippen LogP contribution in [0.5, 0.6) is 0 Å². The van der Waals surface area contributed by atoms with E-state index >= 15 is 0 Å². The maximum Gasteiger partial charge on any atom is 0.328 e. The van der Waals surface area contributed by atoms with Gasteiger partial charge in [0.25, 0.3) is 10.0 Å². The molecule has 3 rings (SSSR count). The molecule has 2 aromatic rings. The fourth-order valence-corrected chi connectivity index (χ4v) is 4.67. The van der Waals surface area contributed by atoms with Crippen molar-refractivity contribution in [2.24, 2.45) is 0 Å². The fraction of sp³-hybridized carbons (Fsp3) is 0.409. The molecular weight excluding hydrogens is 455 g/mol. The number of carbonyl (C=O) groups is 1. The maximum absolute atomic E-state index is 14.0. The lowest BCUT2D eigenvalue weighted by molar-refractivity contribution is 0.125. The third-order valence-corrected chi connectivity index (χ3v) is 7.10. The molecule has 1 aliphatic heterocycles. The summed E-state index contributed by atoms with van der Waals surface area (Å²) in [6, 6.07) is 10.3. The minimum atomic E-state index is -3.89. The van der Waals surface area contributed by atoms with E-state index in [1.54, 1.807) is 24.3 Å². The van der Waals surface area contributed by atoms with Gasteiger partial charge in [0.2, 0.25) is 0 Å². The zero-order valence-electron chi connectivity index (χ0n) is 18.0. The molecule has 10 heteroatoms. The predicted octanol–water partition coefficient (Wildman–Crippen LogP) is 2.98. The normalized spacial score (nSPS) is 15.5. The topological polar surface area (TPSA) is 81.7 Å². The van der Waals surface area contributed by atoms with Gasteiger partial charge in [0.1, 0.15) is 5.82 Å². The highest BCUT2D eigenvalue weighted by Gasteiger charge is 2.20. The summed E-state index contributed by atoms with van der Waals surface area (Å²) in [6.07, 6.45) is 0.692. The first-order chi connectivity index (χ1) is 15.2. The smallest absolute Gasteiger partial charge is 0.328 e. The second-order valence-electron chi connectivity index (χ2n) is 7.85. The molecular formula is C22H28ClFN4O3S. The van der Waals surface area contributed by atoms with Gasteiger partial charge < -0.3 is 10.2 Å². The molecule has 0 unspecified atom stereocenters. The van der Waals surface area contributed by atoms with Gasteiger partial charge in [-0.15, -0.1) is 0 Å². The van der Waals surface area contributed by atoms with Crippen LogP contribution < -0.4 is 10.0 Å². The van der Waals surface area contributed by atoms with Gasteiger partial charge >= 0.3 is 6.03 Å². The van der Waals surface area contributed by atoms with E-state index in [2.05, 4.69) is 15.1 Å². The number of nitrogens with zero attached hydrogens (tertiary/aromatic N) is 2. The van der Waals surface area contributed by atoms with Crippen molar-refractivity contribution in [3.05, 3.63) is 64.4 Å². The summed E-state index contributed by atoms with van der Waals surface area (Å²) in [5.74, 6) is -0.284. The number of rotatable bonds is 8. The number of piperazine rings is 1. The first-order valence-electron chi connectivity index (χ1n) is 10.5. The molecule has 0 atom stereocenters. The van der Waals surface area contributed by atoms with E-state index in [0.717, 1.165) is 38.3 Å². The Morgan fingerprint density at radius 3 is 2.38 bits per heavy atom. The SMILES string of the molecule is Cc1ccc(S(=O)(=O)NC(=O)NCCCN2CCN(Cc3c(F)cccc3Cl)CC2)cc1. The maximum atomic E-state index is 14.0. The van der Waals surface area contributed by atoms with Gasteiger partial charge in [-0.1, -0.05) is 35.4 Å². The molecule has 0 aromatic heterocycles. The number of amides is 2. The molecule has 2 N–H and O–H groups in total. The molecule has 32 heavy (non-hydrogen) atoms. The Bertz CT molecular complexity index is 1010. The zero-order chi connectivity index (χ0) is 23.1. The molecule has 0 saturated carbocycles. The van der Waals surface area contributed by atoms with Crippen molar-refractivity contribution >= 4 is 27.7 Å². The molecule has 174 valence electrons. The van der Waals surface area contributed by atoms with E-state index in [1.807, 2.05) is 11.6 Å². The molecule has 1 saturated heterocycles. The molecule has 2 aromatic carbocycles. The average molecular weight is 483 g/mol.